The number of hydrogen-bond donors (Lipinski definition) is 2. The third kappa shape index (κ3) is 5.12. The van der Waals surface area contributed by atoms with Crippen molar-refractivity contribution in [1.29, 1.82) is 0 Å². The number of nitrogens with one attached hydrogen (secondary N) is 1. The Bertz CT molecular complexity index is 572. The predicted molar refractivity (Wildman–Crippen MR) is 90.4 cm³/mol. The molecule has 0 saturated heterocycles. The lowest BCUT2D eigenvalue weighted by molar-refractivity contribution is 0.265. The van der Waals surface area contributed by atoms with E-state index < -0.39 is 0 Å². The van der Waals surface area contributed by atoms with Crippen molar-refractivity contribution in [3.8, 4) is 0 Å². The highest BCUT2D eigenvalue weighted by Crippen LogP contribution is 2.27. The smallest absolute Gasteiger partial charge is 0.141 e. The van der Waals surface area contributed by atoms with Gasteiger partial charge in [-0.15, -0.1) is 0 Å². The van der Waals surface area contributed by atoms with Crippen LogP contribution >= 0.6 is 0 Å². The van der Waals surface area contributed by atoms with Crippen molar-refractivity contribution in [2.75, 3.05) is 6.61 Å². The molecule has 2 N–H and O–H groups in total. The first-order chi connectivity index (χ1) is 11.1. The standard InChI is InChI=1S/C19H25FN2O/c1-14(2)19(18-11-10-16(20)13-21-18)22-17(9-6-12-23)15-7-4-3-5-8-15/h3-5,7-8,10-11,13-14,17,19,22-23H,6,9,12H2,1-2H3. The number of benzene rings is 1. The van der Waals surface area contributed by atoms with Gasteiger partial charge in [0.2, 0.25) is 0 Å². The van der Waals surface area contributed by atoms with E-state index in [0.717, 1.165) is 18.5 Å². The van der Waals surface area contributed by atoms with Gasteiger partial charge in [0.15, 0.2) is 0 Å². The zero-order valence-electron chi connectivity index (χ0n) is 13.7. The van der Waals surface area contributed by atoms with Crippen LogP contribution in [0.1, 0.15) is 50.0 Å². The van der Waals surface area contributed by atoms with Crippen LogP contribution in [0.15, 0.2) is 48.7 Å². The molecule has 1 aromatic heterocycles. The molecular weight excluding hydrogens is 291 g/mol. The third-order valence-corrected chi connectivity index (χ3v) is 3.97. The molecule has 2 atom stereocenters. The lowest BCUT2D eigenvalue weighted by Gasteiger charge is -2.28. The third-order valence-electron chi connectivity index (χ3n) is 3.97. The van der Waals surface area contributed by atoms with Crippen LogP contribution in [0.25, 0.3) is 0 Å². The van der Waals surface area contributed by atoms with E-state index >= 15 is 0 Å². The highest BCUT2D eigenvalue weighted by molar-refractivity contribution is 5.20. The first kappa shape index (κ1) is 17.6. The van der Waals surface area contributed by atoms with Crippen molar-refractivity contribution in [3.63, 3.8) is 0 Å². The lowest BCUT2D eigenvalue weighted by atomic mass is 9.95. The number of aliphatic hydroxyl groups excluding tert-OH is 1. The summed E-state index contributed by atoms with van der Waals surface area (Å²) in [5, 5.41) is 12.8. The predicted octanol–water partition coefficient (Wildman–Crippen LogP) is 4.02. The normalized spacial score (nSPS) is 14.0. The van der Waals surface area contributed by atoms with E-state index in [4.69, 9.17) is 0 Å². The molecule has 0 aliphatic carbocycles. The van der Waals surface area contributed by atoms with Crippen molar-refractivity contribution in [1.82, 2.24) is 10.3 Å². The average molecular weight is 316 g/mol. The van der Waals surface area contributed by atoms with Gasteiger partial charge in [-0.1, -0.05) is 44.2 Å². The van der Waals surface area contributed by atoms with Crippen LogP contribution < -0.4 is 5.32 Å². The maximum Gasteiger partial charge on any atom is 0.141 e. The zero-order chi connectivity index (χ0) is 16.7. The summed E-state index contributed by atoms with van der Waals surface area (Å²) in [5.74, 6) is -0.00977. The van der Waals surface area contributed by atoms with Crippen molar-refractivity contribution in [2.45, 2.75) is 38.8 Å². The summed E-state index contributed by atoms with van der Waals surface area (Å²) in [4.78, 5) is 4.24. The molecule has 4 heteroatoms. The number of hydrogen-bond acceptors (Lipinski definition) is 3. The van der Waals surface area contributed by atoms with Crippen molar-refractivity contribution in [3.05, 3.63) is 65.7 Å². The van der Waals surface area contributed by atoms with Crippen molar-refractivity contribution in [2.24, 2.45) is 5.92 Å². The molecule has 0 bridgehead atoms. The van der Waals surface area contributed by atoms with Crippen LogP contribution in [0, 0.1) is 11.7 Å². The molecule has 2 rings (SSSR count). The van der Waals surface area contributed by atoms with E-state index in [1.165, 1.54) is 17.8 Å². The fraction of sp³-hybridized carbons (Fsp3) is 0.421. The Kier molecular flexibility index (Phi) is 6.68. The SMILES string of the molecule is CC(C)C(NC(CCCO)c1ccccc1)c1ccc(F)cn1. The molecule has 0 amide bonds. The minimum absolute atomic E-state index is 0.0273. The Labute approximate surface area is 137 Å². The summed E-state index contributed by atoms with van der Waals surface area (Å²) < 4.78 is 13.1. The fourth-order valence-corrected chi connectivity index (χ4v) is 2.73. The van der Waals surface area contributed by atoms with E-state index in [1.807, 2.05) is 18.2 Å². The molecular formula is C19H25FN2O. The van der Waals surface area contributed by atoms with Gasteiger partial charge in [0.25, 0.3) is 0 Å². The monoisotopic (exact) mass is 316 g/mol. The molecule has 1 aromatic carbocycles. The Hall–Kier alpha value is -1.78. The highest BCUT2D eigenvalue weighted by Gasteiger charge is 2.22. The van der Waals surface area contributed by atoms with Gasteiger partial charge in [0.1, 0.15) is 5.82 Å². The minimum Gasteiger partial charge on any atom is -0.396 e. The van der Waals surface area contributed by atoms with Crippen LogP contribution in [0.5, 0.6) is 0 Å². The zero-order valence-corrected chi connectivity index (χ0v) is 13.7. The molecule has 1 heterocycles. The number of aromatic nitrogens is 1. The molecule has 2 unspecified atom stereocenters. The first-order valence-electron chi connectivity index (χ1n) is 8.15. The Morgan fingerprint density at radius 2 is 1.87 bits per heavy atom. The summed E-state index contributed by atoms with van der Waals surface area (Å²) in [5.41, 5.74) is 2.03. The fourth-order valence-electron chi connectivity index (χ4n) is 2.73. The summed E-state index contributed by atoms with van der Waals surface area (Å²) in [7, 11) is 0. The van der Waals surface area contributed by atoms with Gasteiger partial charge in [-0.25, -0.2) is 4.39 Å². The highest BCUT2D eigenvalue weighted by atomic mass is 19.1. The first-order valence-corrected chi connectivity index (χ1v) is 8.15. The number of nitrogens with zero attached hydrogens (tertiary/aromatic N) is 1. The molecule has 2 aromatic rings. The van der Waals surface area contributed by atoms with Gasteiger partial charge in [-0.2, -0.15) is 0 Å². The van der Waals surface area contributed by atoms with E-state index in [2.05, 4.69) is 36.3 Å². The Balaban J connectivity index is 2.21. The van der Waals surface area contributed by atoms with Crippen LogP contribution in [0.2, 0.25) is 0 Å². The largest absolute Gasteiger partial charge is 0.396 e. The van der Waals surface area contributed by atoms with E-state index in [1.54, 1.807) is 6.07 Å². The lowest BCUT2D eigenvalue weighted by Crippen LogP contribution is -2.31. The van der Waals surface area contributed by atoms with Gasteiger partial charge in [0.05, 0.1) is 17.9 Å². The van der Waals surface area contributed by atoms with Gasteiger partial charge in [-0.3, -0.25) is 4.98 Å². The maximum atomic E-state index is 13.1. The number of pyridine rings is 1. The second-order valence-electron chi connectivity index (χ2n) is 6.12. The summed E-state index contributed by atoms with van der Waals surface area (Å²) in [6, 6.07) is 13.5. The number of aliphatic hydroxyl groups is 1. The van der Waals surface area contributed by atoms with E-state index in [0.29, 0.717) is 5.92 Å². The molecule has 0 aliphatic rings. The molecule has 124 valence electrons. The van der Waals surface area contributed by atoms with E-state index in [9.17, 15) is 9.50 Å². The molecule has 0 spiro atoms. The second-order valence-corrected chi connectivity index (χ2v) is 6.12. The average Bonchev–Trinajstić information content (AvgIpc) is 2.57. The van der Waals surface area contributed by atoms with Gasteiger partial charge >= 0.3 is 0 Å². The van der Waals surface area contributed by atoms with Gasteiger partial charge in [-0.05, 0) is 36.5 Å². The minimum atomic E-state index is -0.323. The summed E-state index contributed by atoms with van der Waals surface area (Å²) in [6.07, 6.45) is 2.83. The number of halogens is 1. The van der Waals surface area contributed by atoms with Crippen LogP contribution in [-0.2, 0) is 0 Å². The maximum absolute atomic E-state index is 13.1. The quantitative estimate of drug-likeness (QED) is 0.773. The molecule has 0 radical (unpaired) electrons. The van der Waals surface area contributed by atoms with E-state index in [-0.39, 0.29) is 24.5 Å². The molecule has 23 heavy (non-hydrogen) atoms. The Morgan fingerprint density at radius 3 is 2.43 bits per heavy atom. The second kappa shape index (κ2) is 8.75. The van der Waals surface area contributed by atoms with Crippen molar-refractivity contribution >= 4 is 0 Å². The molecule has 0 aliphatic heterocycles. The molecule has 0 saturated carbocycles. The molecule has 0 fully saturated rings. The van der Waals surface area contributed by atoms with Crippen LogP contribution in [0.4, 0.5) is 4.39 Å². The van der Waals surface area contributed by atoms with Crippen molar-refractivity contribution < 1.29 is 9.50 Å². The summed E-state index contributed by atoms with van der Waals surface area (Å²) >= 11 is 0. The van der Waals surface area contributed by atoms with Gasteiger partial charge < -0.3 is 10.4 Å². The van der Waals surface area contributed by atoms with Gasteiger partial charge in [0, 0.05) is 12.6 Å². The number of rotatable bonds is 8. The van der Waals surface area contributed by atoms with Crippen LogP contribution in [-0.4, -0.2) is 16.7 Å². The molecule has 3 nitrogen and oxygen atoms in total. The van der Waals surface area contributed by atoms with Crippen LogP contribution in [0.3, 0.4) is 0 Å². The Morgan fingerprint density at radius 1 is 1.13 bits per heavy atom. The summed E-state index contributed by atoms with van der Waals surface area (Å²) in [6.45, 7) is 4.42. The topological polar surface area (TPSA) is 45.1 Å².